The van der Waals surface area contributed by atoms with Crippen LogP contribution in [0.15, 0.2) is 64.6 Å². The van der Waals surface area contributed by atoms with Crippen molar-refractivity contribution in [2.75, 3.05) is 62.8 Å². The minimum absolute atomic E-state index is 0.199. The van der Waals surface area contributed by atoms with Gasteiger partial charge < -0.3 is 30.1 Å². The highest BCUT2D eigenvalue weighted by molar-refractivity contribution is 5.99. The highest BCUT2D eigenvalue weighted by Crippen LogP contribution is 2.53. The lowest BCUT2D eigenvalue weighted by Crippen LogP contribution is -2.43. The summed E-state index contributed by atoms with van der Waals surface area (Å²) in [5, 5.41) is 6.18. The molecule has 258 valence electrons. The quantitative estimate of drug-likeness (QED) is 0.360. The number of fused-ring (bicyclic) bond motifs is 2. The summed E-state index contributed by atoms with van der Waals surface area (Å²) in [6, 6.07) is 11.0. The second-order valence-corrected chi connectivity index (χ2v) is 13.8. The Morgan fingerprint density at radius 2 is 1.78 bits per heavy atom. The van der Waals surface area contributed by atoms with Gasteiger partial charge in [-0.05, 0) is 125 Å². The number of carbonyl (C=O) groups is 1. The van der Waals surface area contributed by atoms with Crippen LogP contribution in [-0.4, -0.2) is 81.7 Å². The van der Waals surface area contributed by atoms with Crippen LogP contribution in [0, 0.1) is 6.92 Å². The highest BCUT2D eigenvalue weighted by Gasteiger charge is 2.48. The third-order valence-corrected chi connectivity index (χ3v) is 11.2. The van der Waals surface area contributed by atoms with E-state index in [1.54, 1.807) is 0 Å². The molecule has 0 bridgehead atoms. The Bertz CT molecular complexity index is 1800. The Hall–Kier alpha value is -4.39. The van der Waals surface area contributed by atoms with E-state index < -0.39 is 0 Å². The molecule has 6 rings (SSSR count). The fourth-order valence-corrected chi connectivity index (χ4v) is 8.40. The number of hydrogen-bond acceptors (Lipinski definition) is 8. The van der Waals surface area contributed by atoms with E-state index in [2.05, 4.69) is 64.5 Å². The Morgan fingerprint density at radius 3 is 2.43 bits per heavy atom. The number of dihydropyridines is 1. The number of amides is 1. The lowest BCUT2D eigenvalue weighted by atomic mass is 9.72. The van der Waals surface area contributed by atoms with E-state index in [0.717, 1.165) is 110 Å². The number of hydrogen-bond donors (Lipinski definition) is 2. The molecule has 49 heavy (non-hydrogen) atoms. The van der Waals surface area contributed by atoms with Crippen LogP contribution in [0.2, 0.25) is 0 Å². The summed E-state index contributed by atoms with van der Waals surface area (Å²) >= 11 is 0. The second kappa shape index (κ2) is 14.2. The van der Waals surface area contributed by atoms with Gasteiger partial charge in [0, 0.05) is 67.6 Å². The molecule has 0 unspecified atom stereocenters. The van der Waals surface area contributed by atoms with Crippen LogP contribution in [0.25, 0.3) is 11.1 Å². The molecule has 2 aromatic carbocycles. The standard InChI is InChI=1S/C40H49N5O4/c1-7-44-15-13-40(14-16-44)34-10-9-29(21-37(34)43(6)38(40)25-47)30-20-32(28(5)36(22-30)45(8-2)31-11-17-49-18-12-31)39(48)41-23-33-26(3)19-27(4)42-35(33)24-46/h9-10,19-22,31,42H,7-8,11-18,23H2,1-6H3,(H,41,48). The average molecular weight is 664 g/mol. The number of likely N-dealkylation sites (tertiary alicyclic amines) is 1. The van der Waals surface area contributed by atoms with Gasteiger partial charge in [0.15, 0.2) is 5.94 Å². The molecule has 4 heterocycles. The third-order valence-electron chi connectivity index (χ3n) is 11.2. The molecule has 0 radical (unpaired) electrons. The molecule has 4 aliphatic heterocycles. The lowest BCUT2D eigenvalue weighted by molar-refractivity contribution is 0.0846. The summed E-state index contributed by atoms with van der Waals surface area (Å²) in [4.78, 5) is 45.2. The predicted octanol–water partition coefficient (Wildman–Crippen LogP) is 5.45. The van der Waals surface area contributed by atoms with Gasteiger partial charge in [0.25, 0.3) is 5.91 Å². The molecule has 4 aliphatic rings. The maximum Gasteiger partial charge on any atom is 0.251 e. The topological polar surface area (TPSA) is 94.2 Å². The van der Waals surface area contributed by atoms with Crippen LogP contribution in [0.3, 0.4) is 0 Å². The van der Waals surface area contributed by atoms with Crippen LogP contribution in [0.1, 0.15) is 74.9 Å². The number of rotatable bonds is 8. The molecular formula is C40H49N5O4. The summed E-state index contributed by atoms with van der Waals surface area (Å²) < 4.78 is 5.70. The molecule has 0 aliphatic carbocycles. The first-order chi connectivity index (χ1) is 23.6. The van der Waals surface area contributed by atoms with Crippen LogP contribution in [-0.2, 0) is 19.7 Å². The highest BCUT2D eigenvalue weighted by atomic mass is 16.5. The molecule has 2 N–H and O–H groups in total. The Balaban J connectivity index is 1.41. The molecule has 9 heteroatoms. The summed E-state index contributed by atoms with van der Waals surface area (Å²) in [7, 11) is 1.97. The van der Waals surface area contributed by atoms with Gasteiger partial charge in [-0.3, -0.25) is 4.79 Å². The zero-order valence-electron chi connectivity index (χ0n) is 29.8. The van der Waals surface area contributed by atoms with E-state index in [-0.39, 0.29) is 17.9 Å². The van der Waals surface area contributed by atoms with Crippen molar-refractivity contribution in [1.29, 1.82) is 0 Å². The first kappa shape index (κ1) is 34.5. The summed E-state index contributed by atoms with van der Waals surface area (Å²) in [6.45, 7) is 15.5. The van der Waals surface area contributed by atoms with Gasteiger partial charge in [-0.2, -0.15) is 0 Å². The van der Waals surface area contributed by atoms with Crippen molar-refractivity contribution < 1.29 is 19.1 Å². The monoisotopic (exact) mass is 663 g/mol. The summed E-state index contributed by atoms with van der Waals surface area (Å²) in [6.07, 6.45) is 5.59. The van der Waals surface area contributed by atoms with Gasteiger partial charge in [-0.25, -0.2) is 9.59 Å². The zero-order valence-corrected chi connectivity index (χ0v) is 29.8. The maximum absolute atomic E-state index is 14.1. The van der Waals surface area contributed by atoms with Crippen molar-refractivity contribution in [2.45, 2.75) is 71.8 Å². The largest absolute Gasteiger partial charge is 0.381 e. The Labute approximate surface area is 290 Å². The molecule has 1 spiro atoms. The van der Waals surface area contributed by atoms with Crippen molar-refractivity contribution in [3.63, 3.8) is 0 Å². The second-order valence-electron chi connectivity index (χ2n) is 13.8. The molecule has 9 nitrogen and oxygen atoms in total. The molecular weight excluding hydrogens is 614 g/mol. The van der Waals surface area contributed by atoms with Crippen molar-refractivity contribution in [3.05, 3.63) is 81.3 Å². The maximum atomic E-state index is 14.1. The summed E-state index contributed by atoms with van der Waals surface area (Å²) in [5.74, 6) is 4.13. The van der Waals surface area contributed by atoms with Crippen LogP contribution in [0.5, 0.6) is 0 Å². The van der Waals surface area contributed by atoms with E-state index >= 15 is 0 Å². The third kappa shape index (κ3) is 6.28. The first-order valence-electron chi connectivity index (χ1n) is 17.7. The SMILES string of the molecule is CCN1CCC2(CC1)C(=C=O)N(C)c1cc(-c3cc(C(=O)NCC4=C(C)C=C(C)NC4=C=O)c(C)c(N(CC)C4CCOCC4)c3)ccc12. The zero-order chi connectivity index (χ0) is 34.9. The number of carbonyl (C=O) groups excluding carboxylic acids is 3. The number of piperidine rings is 1. The predicted molar refractivity (Wildman–Crippen MR) is 195 cm³/mol. The summed E-state index contributed by atoms with van der Waals surface area (Å²) in [5.41, 5.74) is 9.91. The van der Waals surface area contributed by atoms with Crippen molar-refractivity contribution in [1.82, 2.24) is 15.5 Å². The fraction of sp³-hybridized carbons (Fsp3) is 0.475. The van der Waals surface area contributed by atoms with Crippen LogP contribution in [0.4, 0.5) is 11.4 Å². The first-order valence-corrected chi connectivity index (χ1v) is 17.7. The Kier molecular flexibility index (Phi) is 10.0. The van der Waals surface area contributed by atoms with Gasteiger partial charge in [-0.1, -0.05) is 19.1 Å². The fourth-order valence-electron chi connectivity index (χ4n) is 8.40. The molecule has 0 aromatic heterocycles. The van der Waals surface area contributed by atoms with E-state index in [1.807, 2.05) is 50.8 Å². The smallest absolute Gasteiger partial charge is 0.251 e. The molecule has 1 amide bonds. The molecule has 2 fully saturated rings. The van der Waals surface area contributed by atoms with Crippen LogP contribution < -0.4 is 20.4 Å². The minimum Gasteiger partial charge on any atom is -0.381 e. The minimum atomic E-state index is -0.328. The van der Waals surface area contributed by atoms with Gasteiger partial charge in [-0.15, -0.1) is 0 Å². The van der Waals surface area contributed by atoms with Crippen LogP contribution >= 0.6 is 0 Å². The van der Waals surface area contributed by atoms with Gasteiger partial charge in [0.1, 0.15) is 17.3 Å². The van der Waals surface area contributed by atoms with Crippen molar-refractivity contribution in [2.24, 2.45) is 0 Å². The Morgan fingerprint density at radius 1 is 1.04 bits per heavy atom. The van der Waals surface area contributed by atoms with E-state index in [1.165, 1.54) is 5.56 Å². The number of nitrogens with one attached hydrogen (secondary N) is 2. The van der Waals surface area contributed by atoms with Crippen molar-refractivity contribution >= 4 is 29.2 Å². The molecule has 2 saturated heterocycles. The number of benzene rings is 2. The molecule has 2 aromatic rings. The van der Waals surface area contributed by atoms with E-state index in [4.69, 9.17) is 4.74 Å². The van der Waals surface area contributed by atoms with Gasteiger partial charge >= 0.3 is 0 Å². The molecule has 0 saturated carbocycles. The van der Waals surface area contributed by atoms with Gasteiger partial charge in [0.05, 0.1) is 5.41 Å². The average Bonchev–Trinajstić information content (AvgIpc) is 3.34. The lowest BCUT2D eigenvalue weighted by Gasteiger charge is -2.39. The van der Waals surface area contributed by atoms with E-state index in [9.17, 15) is 14.4 Å². The number of ether oxygens (including phenoxy) is 1. The molecule has 0 atom stereocenters. The number of nitrogens with zero attached hydrogens (tertiary/aromatic N) is 3. The number of likely N-dealkylation sites (N-methyl/N-ethyl adjacent to an activating group) is 1. The number of anilines is 2. The normalized spacial score (nSPS) is 19.3. The van der Waals surface area contributed by atoms with Gasteiger partial charge in [0.2, 0.25) is 0 Å². The van der Waals surface area contributed by atoms with Crippen molar-refractivity contribution in [3.8, 4) is 11.1 Å². The van der Waals surface area contributed by atoms with E-state index in [0.29, 0.717) is 23.0 Å². The number of allylic oxidation sites excluding steroid dienone is 4.